The predicted octanol–water partition coefficient (Wildman–Crippen LogP) is 1.56. The Balaban J connectivity index is 1.55. The summed E-state index contributed by atoms with van der Waals surface area (Å²) in [5, 5.41) is 9.71. The number of anilines is 1. The van der Waals surface area contributed by atoms with Crippen LogP contribution < -0.4 is 10.5 Å². The van der Waals surface area contributed by atoms with E-state index in [0.29, 0.717) is 40.9 Å². The number of pyridine rings is 2. The molecular weight excluding hydrogens is 380 g/mol. The van der Waals surface area contributed by atoms with Crippen molar-refractivity contribution in [2.24, 2.45) is 5.41 Å². The largest absolute Gasteiger partial charge is 0.368 e. The number of carbonyl (C=O) groups excluding carboxylic acids is 1. The summed E-state index contributed by atoms with van der Waals surface area (Å²) in [6.45, 7) is 4.64. The number of hydrogen-bond acceptors (Lipinski definition) is 6. The average molecular weight is 406 g/mol. The number of piperidine rings is 1. The number of amides is 1. The number of aromatic nitrogens is 2. The van der Waals surface area contributed by atoms with Gasteiger partial charge < -0.3 is 19.7 Å². The molecule has 0 radical (unpaired) electrons. The number of nitrogens with zero attached hydrogens (tertiary/aromatic N) is 5. The minimum atomic E-state index is -0.397. The van der Waals surface area contributed by atoms with Gasteiger partial charge in [0.25, 0.3) is 11.5 Å². The highest BCUT2D eigenvalue weighted by atomic mass is 16.2. The Hall–Kier alpha value is -2.92. The number of piperazine rings is 1. The van der Waals surface area contributed by atoms with Crippen LogP contribution >= 0.6 is 0 Å². The normalized spacial score (nSPS) is 21.1. The number of aromatic amines is 1. The van der Waals surface area contributed by atoms with Crippen molar-refractivity contribution in [2.45, 2.75) is 25.7 Å². The highest BCUT2D eigenvalue weighted by molar-refractivity contribution is 5.98. The van der Waals surface area contributed by atoms with Crippen LogP contribution in [0, 0.1) is 16.7 Å². The molecular formula is C22H26N6O2. The van der Waals surface area contributed by atoms with Crippen molar-refractivity contribution in [1.82, 2.24) is 19.8 Å². The summed E-state index contributed by atoms with van der Waals surface area (Å²) in [5.41, 5.74) is 2.22. The summed E-state index contributed by atoms with van der Waals surface area (Å²) >= 11 is 0. The zero-order valence-corrected chi connectivity index (χ0v) is 17.3. The fourth-order valence-corrected chi connectivity index (χ4v) is 4.73. The van der Waals surface area contributed by atoms with E-state index in [1.165, 1.54) is 12.8 Å². The first-order chi connectivity index (χ1) is 14.5. The summed E-state index contributed by atoms with van der Waals surface area (Å²) < 4.78 is 0. The van der Waals surface area contributed by atoms with Crippen LogP contribution in [0.1, 0.15) is 41.7 Å². The van der Waals surface area contributed by atoms with Crippen LogP contribution in [0.5, 0.6) is 0 Å². The second-order valence-electron chi connectivity index (χ2n) is 8.96. The van der Waals surface area contributed by atoms with Crippen molar-refractivity contribution in [3.8, 4) is 6.07 Å². The summed E-state index contributed by atoms with van der Waals surface area (Å²) in [7, 11) is 2.05. The molecule has 156 valence electrons. The lowest BCUT2D eigenvalue weighted by Gasteiger charge is -2.34. The lowest BCUT2D eigenvalue weighted by atomic mass is 9.93. The van der Waals surface area contributed by atoms with Crippen LogP contribution in [-0.2, 0) is 0 Å². The summed E-state index contributed by atoms with van der Waals surface area (Å²) in [4.78, 5) is 39.2. The Morgan fingerprint density at radius 1 is 1.10 bits per heavy atom. The maximum atomic E-state index is 13.0. The van der Waals surface area contributed by atoms with Gasteiger partial charge in [-0.15, -0.1) is 0 Å². The van der Waals surface area contributed by atoms with E-state index < -0.39 is 5.56 Å². The van der Waals surface area contributed by atoms with E-state index in [1.807, 2.05) is 11.9 Å². The fraction of sp³-hybridized carbons (Fsp3) is 0.545. The molecule has 2 aromatic heterocycles. The highest BCUT2D eigenvalue weighted by Gasteiger charge is 2.45. The van der Waals surface area contributed by atoms with Crippen LogP contribution in [-0.4, -0.2) is 72.0 Å². The molecule has 3 aliphatic rings. The third-order valence-electron chi connectivity index (χ3n) is 7.05. The third-order valence-corrected chi connectivity index (χ3v) is 7.05. The first-order valence-corrected chi connectivity index (χ1v) is 10.7. The Morgan fingerprint density at radius 3 is 2.43 bits per heavy atom. The summed E-state index contributed by atoms with van der Waals surface area (Å²) in [6, 6.07) is 5.49. The van der Waals surface area contributed by atoms with Crippen LogP contribution in [0.4, 0.5) is 5.69 Å². The molecule has 8 nitrogen and oxygen atoms in total. The van der Waals surface area contributed by atoms with Gasteiger partial charge in [0, 0.05) is 39.3 Å². The maximum absolute atomic E-state index is 13.0. The number of fused-ring (bicyclic) bond motifs is 1. The van der Waals surface area contributed by atoms with Crippen molar-refractivity contribution < 1.29 is 4.79 Å². The third kappa shape index (κ3) is 3.23. The van der Waals surface area contributed by atoms with Gasteiger partial charge in [-0.1, -0.05) is 0 Å². The lowest BCUT2D eigenvalue weighted by molar-refractivity contribution is 0.0658. The van der Waals surface area contributed by atoms with Crippen LogP contribution in [0.2, 0.25) is 0 Å². The van der Waals surface area contributed by atoms with Crippen molar-refractivity contribution >= 4 is 22.6 Å². The minimum Gasteiger partial charge on any atom is -0.368 e. The van der Waals surface area contributed by atoms with Gasteiger partial charge in [-0.25, -0.2) is 4.98 Å². The topological polar surface area (TPSA) is 96.3 Å². The van der Waals surface area contributed by atoms with Crippen LogP contribution in [0.15, 0.2) is 16.9 Å². The van der Waals surface area contributed by atoms with E-state index in [0.717, 1.165) is 39.0 Å². The van der Waals surface area contributed by atoms with Gasteiger partial charge in [-0.2, -0.15) is 5.26 Å². The second kappa shape index (κ2) is 7.10. The first kappa shape index (κ1) is 19.1. The van der Waals surface area contributed by atoms with Gasteiger partial charge in [0.2, 0.25) is 0 Å². The number of rotatable bonds is 2. The molecule has 2 aromatic rings. The average Bonchev–Trinajstić information content (AvgIpc) is 3.52. The summed E-state index contributed by atoms with van der Waals surface area (Å²) in [6.07, 6.45) is 4.71. The molecule has 1 N–H and O–H groups in total. The van der Waals surface area contributed by atoms with E-state index in [2.05, 4.69) is 25.8 Å². The molecule has 8 heteroatoms. The minimum absolute atomic E-state index is 0.0888. The summed E-state index contributed by atoms with van der Waals surface area (Å²) in [5.74, 6) is -0.101. The molecule has 0 bridgehead atoms. The maximum Gasteiger partial charge on any atom is 0.272 e. The monoisotopic (exact) mass is 406 g/mol. The Labute approximate surface area is 175 Å². The number of carbonyl (C=O) groups is 1. The van der Waals surface area contributed by atoms with Gasteiger partial charge in [0.15, 0.2) is 0 Å². The lowest BCUT2D eigenvalue weighted by Crippen LogP contribution is -2.47. The van der Waals surface area contributed by atoms with Crippen molar-refractivity contribution in [3.63, 3.8) is 0 Å². The van der Waals surface area contributed by atoms with Crippen LogP contribution in [0.25, 0.3) is 11.0 Å². The molecule has 1 spiro atoms. The van der Waals surface area contributed by atoms with E-state index in [9.17, 15) is 14.9 Å². The van der Waals surface area contributed by atoms with Crippen molar-refractivity contribution in [3.05, 3.63) is 33.7 Å². The molecule has 2 aliphatic heterocycles. The molecule has 5 rings (SSSR count). The number of nitriles is 1. The zero-order chi connectivity index (χ0) is 20.9. The van der Waals surface area contributed by atoms with Crippen molar-refractivity contribution in [1.29, 1.82) is 5.26 Å². The van der Waals surface area contributed by atoms with Gasteiger partial charge in [-0.05, 0) is 50.3 Å². The molecule has 1 saturated carbocycles. The predicted molar refractivity (Wildman–Crippen MR) is 114 cm³/mol. The second-order valence-corrected chi connectivity index (χ2v) is 8.96. The smallest absolute Gasteiger partial charge is 0.272 e. The van der Waals surface area contributed by atoms with E-state index in [-0.39, 0.29) is 11.5 Å². The first-order valence-electron chi connectivity index (χ1n) is 10.7. The number of H-pyrrole nitrogens is 1. The number of likely N-dealkylation sites (N-methyl/N-ethyl adjacent to an activating group) is 1. The molecule has 0 aromatic carbocycles. The highest BCUT2D eigenvalue weighted by Crippen LogP contribution is 2.54. The Bertz CT molecular complexity index is 1100. The molecule has 1 aliphatic carbocycles. The van der Waals surface area contributed by atoms with E-state index in [4.69, 9.17) is 0 Å². The quantitative estimate of drug-likeness (QED) is 0.813. The molecule has 0 atom stereocenters. The zero-order valence-electron chi connectivity index (χ0n) is 17.3. The van der Waals surface area contributed by atoms with Crippen molar-refractivity contribution in [2.75, 3.05) is 51.2 Å². The van der Waals surface area contributed by atoms with E-state index >= 15 is 0 Å². The molecule has 0 unspecified atom stereocenters. The molecule has 1 amide bonds. The standard InChI is InChI=1S/C22H26N6O2/c1-26-10-12-28(13-11-26)21(30)17-3-2-16-18(24-17)19(15(14-23)20(29)25-16)27-8-6-22(4-5-22)7-9-27/h2-3H,4-13H2,1H3,(H,25,29). The van der Waals surface area contributed by atoms with E-state index in [1.54, 1.807) is 12.1 Å². The number of hydrogen-bond donors (Lipinski definition) is 1. The molecule has 30 heavy (non-hydrogen) atoms. The molecule has 3 fully saturated rings. The Kier molecular flexibility index (Phi) is 4.51. The van der Waals surface area contributed by atoms with Gasteiger partial charge >= 0.3 is 0 Å². The van der Waals surface area contributed by atoms with Gasteiger partial charge in [-0.3, -0.25) is 9.59 Å². The molecule has 4 heterocycles. The SMILES string of the molecule is CN1CCN(C(=O)c2ccc3[nH]c(=O)c(C#N)c(N4CCC5(CC4)CC5)c3n2)CC1. The van der Waals surface area contributed by atoms with Gasteiger partial charge in [0.05, 0.1) is 11.2 Å². The van der Waals surface area contributed by atoms with Crippen LogP contribution in [0.3, 0.4) is 0 Å². The number of nitrogens with one attached hydrogen (secondary N) is 1. The fourth-order valence-electron chi connectivity index (χ4n) is 4.73. The van der Waals surface area contributed by atoms with Gasteiger partial charge in [0.1, 0.15) is 22.8 Å². The Morgan fingerprint density at radius 2 is 1.80 bits per heavy atom. The molecule has 2 saturated heterocycles.